The predicted octanol–water partition coefficient (Wildman–Crippen LogP) is 2.78. The standard InChI is InChI=1S/C21H26N2O4/c1-4-5-10-26-17-8-6-16(7-9-17)21(25)23-13-19(14-23)27-18-11-15(2)22(3)20(24)12-18/h6-9,11-12,19H,4-5,10,13-14H2,1-3H3. The van der Waals surface area contributed by atoms with Crippen molar-refractivity contribution in [2.45, 2.75) is 32.8 Å². The average molecular weight is 370 g/mol. The van der Waals surface area contributed by atoms with Gasteiger partial charge in [0, 0.05) is 24.4 Å². The Morgan fingerprint density at radius 1 is 1.15 bits per heavy atom. The van der Waals surface area contributed by atoms with Crippen LogP contribution in [0, 0.1) is 6.92 Å². The highest BCUT2D eigenvalue weighted by Crippen LogP contribution is 2.21. The second-order valence-electron chi connectivity index (χ2n) is 6.91. The number of carbonyl (C=O) groups is 1. The molecule has 6 nitrogen and oxygen atoms in total. The molecule has 0 radical (unpaired) electrons. The van der Waals surface area contributed by atoms with Gasteiger partial charge in [-0.2, -0.15) is 0 Å². The molecular formula is C21H26N2O4. The van der Waals surface area contributed by atoms with E-state index in [9.17, 15) is 9.59 Å². The fourth-order valence-corrected chi connectivity index (χ4v) is 2.89. The van der Waals surface area contributed by atoms with Crippen LogP contribution in [0.3, 0.4) is 0 Å². The minimum atomic E-state index is -0.0986. The van der Waals surface area contributed by atoms with E-state index in [0.29, 0.717) is 31.0 Å². The number of rotatable bonds is 7. The summed E-state index contributed by atoms with van der Waals surface area (Å²) in [6.07, 6.45) is 2.02. The van der Waals surface area contributed by atoms with Crippen LogP contribution in [0.15, 0.2) is 41.2 Å². The minimum absolute atomic E-state index is 0.0184. The molecule has 0 N–H and O–H groups in total. The highest BCUT2D eigenvalue weighted by atomic mass is 16.5. The summed E-state index contributed by atoms with van der Waals surface area (Å²) in [6.45, 7) is 5.70. The van der Waals surface area contributed by atoms with Gasteiger partial charge in [0.15, 0.2) is 0 Å². The van der Waals surface area contributed by atoms with Crippen molar-refractivity contribution in [2.75, 3.05) is 19.7 Å². The molecule has 1 fully saturated rings. The molecule has 1 amide bonds. The van der Waals surface area contributed by atoms with Gasteiger partial charge in [-0.25, -0.2) is 0 Å². The Morgan fingerprint density at radius 2 is 1.85 bits per heavy atom. The van der Waals surface area contributed by atoms with Gasteiger partial charge in [-0.15, -0.1) is 0 Å². The van der Waals surface area contributed by atoms with Gasteiger partial charge in [0.05, 0.1) is 19.7 Å². The molecule has 144 valence electrons. The third-order valence-electron chi connectivity index (χ3n) is 4.78. The van der Waals surface area contributed by atoms with E-state index < -0.39 is 0 Å². The summed E-state index contributed by atoms with van der Waals surface area (Å²) in [7, 11) is 1.73. The molecule has 0 spiro atoms. The maximum absolute atomic E-state index is 12.5. The van der Waals surface area contributed by atoms with Crippen LogP contribution in [-0.2, 0) is 7.05 Å². The summed E-state index contributed by atoms with van der Waals surface area (Å²) < 4.78 is 13.0. The van der Waals surface area contributed by atoms with E-state index >= 15 is 0 Å². The van der Waals surface area contributed by atoms with Crippen molar-refractivity contribution < 1.29 is 14.3 Å². The monoisotopic (exact) mass is 370 g/mol. The lowest BCUT2D eigenvalue weighted by molar-refractivity contribution is 0.0176. The van der Waals surface area contributed by atoms with Crippen LogP contribution in [0.25, 0.3) is 0 Å². The number of carbonyl (C=O) groups excluding carboxylic acids is 1. The Hall–Kier alpha value is -2.76. The first-order chi connectivity index (χ1) is 13.0. The zero-order chi connectivity index (χ0) is 19.4. The Labute approximate surface area is 159 Å². The number of hydrogen-bond donors (Lipinski definition) is 0. The molecule has 2 heterocycles. The van der Waals surface area contributed by atoms with E-state index in [-0.39, 0.29) is 17.6 Å². The molecule has 0 saturated carbocycles. The lowest BCUT2D eigenvalue weighted by Crippen LogP contribution is -2.56. The number of aromatic nitrogens is 1. The molecule has 1 aliphatic heterocycles. The fourth-order valence-electron chi connectivity index (χ4n) is 2.89. The summed E-state index contributed by atoms with van der Waals surface area (Å²) in [6, 6.07) is 10.6. The molecule has 0 aliphatic carbocycles. The molecule has 3 rings (SSSR count). The van der Waals surface area contributed by atoms with Crippen LogP contribution >= 0.6 is 0 Å². The molecule has 0 unspecified atom stereocenters. The molecule has 1 aromatic heterocycles. The Bertz CT molecular complexity index is 851. The van der Waals surface area contributed by atoms with Crippen molar-refractivity contribution in [2.24, 2.45) is 7.05 Å². The topological polar surface area (TPSA) is 60.8 Å². The van der Waals surface area contributed by atoms with Crippen LogP contribution in [0.1, 0.15) is 35.8 Å². The highest BCUT2D eigenvalue weighted by molar-refractivity contribution is 5.94. The number of pyridine rings is 1. The molecule has 1 aromatic carbocycles. The van der Waals surface area contributed by atoms with E-state index in [1.807, 2.05) is 25.1 Å². The second-order valence-corrected chi connectivity index (χ2v) is 6.91. The maximum atomic E-state index is 12.5. The van der Waals surface area contributed by atoms with Gasteiger partial charge in [0.1, 0.15) is 17.6 Å². The number of hydrogen-bond acceptors (Lipinski definition) is 4. The SMILES string of the molecule is CCCCOc1ccc(C(=O)N2CC(Oc3cc(C)n(C)c(=O)c3)C2)cc1. The van der Waals surface area contributed by atoms with Crippen molar-refractivity contribution >= 4 is 5.91 Å². The quantitative estimate of drug-likeness (QED) is 0.703. The van der Waals surface area contributed by atoms with Crippen molar-refractivity contribution in [3.63, 3.8) is 0 Å². The van der Waals surface area contributed by atoms with E-state index in [2.05, 4.69) is 6.92 Å². The number of amides is 1. The molecular weight excluding hydrogens is 344 g/mol. The lowest BCUT2D eigenvalue weighted by Gasteiger charge is -2.39. The van der Waals surface area contributed by atoms with Gasteiger partial charge in [0.2, 0.25) is 0 Å². The number of nitrogens with zero attached hydrogens (tertiary/aromatic N) is 2. The van der Waals surface area contributed by atoms with E-state index in [0.717, 1.165) is 24.3 Å². The predicted molar refractivity (Wildman–Crippen MR) is 104 cm³/mol. The van der Waals surface area contributed by atoms with Crippen LogP contribution in [0.2, 0.25) is 0 Å². The maximum Gasteiger partial charge on any atom is 0.254 e. The van der Waals surface area contributed by atoms with E-state index in [1.54, 1.807) is 28.6 Å². The van der Waals surface area contributed by atoms with Crippen molar-refractivity contribution in [3.8, 4) is 11.5 Å². The summed E-state index contributed by atoms with van der Waals surface area (Å²) in [4.78, 5) is 26.1. The highest BCUT2D eigenvalue weighted by Gasteiger charge is 2.33. The van der Waals surface area contributed by atoms with E-state index in [4.69, 9.17) is 9.47 Å². The summed E-state index contributed by atoms with van der Waals surface area (Å²) in [5.41, 5.74) is 1.38. The third-order valence-corrected chi connectivity index (χ3v) is 4.78. The molecule has 0 bridgehead atoms. The van der Waals surface area contributed by atoms with Crippen LogP contribution in [-0.4, -0.2) is 41.2 Å². The van der Waals surface area contributed by atoms with Gasteiger partial charge in [-0.05, 0) is 43.7 Å². The lowest BCUT2D eigenvalue weighted by atomic mass is 10.1. The molecule has 0 atom stereocenters. The molecule has 6 heteroatoms. The van der Waals surface area contributed by atoms with Crippen LogP contribution < -0.4 is 15.0 Å². The first-order valence-corrected chi connectivity index (χ1v) is 9.34. The first-order valence-electron chi connectivity index (χ1n) is 9.34. The number of aryl methyl sites for hydroxylation is 1. The number of benzene rings is 1. The molecule has 1 aliphatic rings. The zero-order valence-corrected chi connectivity index (χ0v) is 16.1. The Morgan fingerprint density at radius 3 is 2.48 bits per heavy atom. The van der Waals surface area contributed by atoms with E-state index in [1.165, 1.54) is 6.07 Å². The first kappa shape index (κ1) is 19.0. The van der Waals surface area contributed by atoms with Crippen molar-refractivity contribution in [3.05, 3.63) is 58.0 Å². The van der Waals surface area contributed by atoms with Crippen molar-refractivity contribution in [1.82, 2.24) is 9.47 Å². The molecule has 1 saturated heterocycles. The van der Waals surface area contributed by atoms with Gasteiger partial charge in [0.25, 0.3) is 11.5 Å². The van der Waals surface area contributed by atoms with Gasteiger partial charge in [-0.3, -0.25) is 9.59 Å². The zero-order valence-electron chi connectivity index (χ0n) is 16.1. The second kappa shape index (κ2) is 8.29. The van der Waals surface area contributed by atoms with Gasteiger partial charge in [-0.1, -0.05) is 13.3 Å². The number of unbranched alkanes of at least 4 members (excludes halogenated alkanes) is 1. The normalized spacial score (nSPS) is 14.0. The van der Waals surface area contributed by atoms with Crippen LogP contribution in [0.5, 0.6) is 11.5 Å². The smallest absolute Gasteiger partial charge is 0.254 e. The summed E-state index contributed by atoms with van der Waals surface area (Å²) >= 11 is 0. The third kappa shape index (κ3) is 4.51. The minimum Gasteiger partial charge on any atom is -0.494 e. The fraction of sp³-hybridized carbons (Fsp3) is 0.429. The summed E-state index contributed by atoms with van der Waals surface area (Å²) in [5.74, 6) is 1.32. The van der Waals surface area contributed by atoms with Gasteiger partial charge < -0.3 is 18.9 Å². The molecule has 2 aromatic rings. The van der Waals surface area contributed by atoms with Gasteiger partial charge >= 0.3 is 0 Å². The number of likely N-dealkylation sites (tertiary alicyclic amines) is 1. The summed E-state index contributed by atoms with van der Waals surface area (Å²) in [5, 5.41) is 0. The Kier molecular flexibility index (Phi) is 5.84. The Balaban J connectivity index is 1.51. The largest absolute Gasteiger partial charge is 0.494 e. The number of ether oxygens (including phenoxy) is 2. The average Bonchev–Trinajstić information content (AvgIpc) is 2.62. The van der Waals surface area contributed by atoms with Crippen molar-refractivity contribution in [1.29, 1.82) is 0 Å². The molecule has 27 heavy (non-hydrogen) atoms. The van der Waals surface area contributed by atoms with Crippen LogP contribution in [0.4, 0.5) is 0 Å².